The van der Waals surface area contributed by atoms with Crippen LogP contribution in [0.25, 0.3) is 17.3 Å². The molecule has 2 heterocycles. The maximum Gasteiger partial charge on any atom is 0.416 e. The van der Waals surface area contributed by atoms with Gasteiger partial charge in [0.2, 0.25) is 0 Å². The quantitative estimate of drug-likeness (QED) is 0.199. The highest BCUT2D eigenvalue weighted by Gasteiger charge is 2.37. The molecule has 0 spiro atoms. The minimum atomic E-state index is -5.02. The number of aromatic nitrogens is 1. The Morgan fingerprint density at radius 2 is 1.64 bits per heavy atom. The monoisotopic (exact) mass is 584 g/mol. The molecule has 1 fully saturated rings. The molecule has 4 rings (SSSR count). The van der Waals surface area contributed by atoms with E-state index < -0.39 is 46.7 Å². The Morgan fingerprint density at radius 1 is 1.00 bits per heavy atom. The van der Waals surface area contributed by atoms with Crippen LogP contribution in [0.1, 0.15) is 32.7 Å². The average Bonchev–Trinajstić information content (AvgIpc) is 3.10. The first-order chi connectivity index (χ1) is 18.1. The first-order valence-electron chi connectivity index (χ1n) is 10.7. The van der Waals surface area contributed by atoms with Crippen molar-refractivity contribution < 1.29 is 46.1 Å². The predicted octanol–water partition coefficient (Wildman–Crippen LogP) is 6.59. The number of phenols is 1. The number of carboxylic acids is 1. The van der Waals surface area contributed by atoms with E-state index in [1.54, 1.807) is 0 Å². The first-order valence-corrected chi connectivity index (χ1v) is 11.9. The maximum absolute atomic E-state index is 13.3. The van der Waals surface area contributed by atoms with Gasteiger partial charge in [-0.25, -0.2) is 9.78 Å². The summed E-state index contributed by atoms with van der Waals surface area (Å²) >= 11 is 6.14. The summed E-state index contributed by atoms with van der Waals surface area (Å²) in [6.45, 7) is -0.0899. The molecule has 1 aromatic heterocycles. The van der Waals surface area contributed by atoms with E-state index >= 15 is 0 Å². The number of halogens is 6. The number of carbonyl (C=O) groups excluding carboxylic acids is 1. The number of benzene rings is 2. The molecule has 3 aromatic rings. The van der Waals surface area contributed by atoms with Gasteiger partial charge in [0.25, 0.3) is 5.91 Å². The third kappa shape index (κ3) is 6.23. The van der Waals surface area contributed by atoms with Crippen LogP contribution in [-0.4, -0.2) is 36.3 Å². The van der Waals surface area contributed by atoms with Crippen LogP contribution in [0, 0.1) is 0 Å². The fourth-order valence-electron chi connectivity index (χ4n) is 3.61. The second-order valence-corrected chi connectivity index (χ2v) is 9.84. The first kappa shape index (κ1) is 28.1. The predicted molar refractivity (Wildman–Crippen MR) is 133 cm³/mol. The van der Waals surface area contributed by atoms with Crippen LogP contribution in [-0.2, 0) is 23.7 Å². The Labute approximate surface area is 225 Å². The molecule has 2 aromatic carbocycles. The highest BCUT2D eigenvalue weighted by Crippen LogP contribution is 2.39. The van der Waals surface area contributed by atoms with Gasteiger partial charge in [-0.2, -0.15) is 26.3 Å². The van der Waals surface area contributed by atoms with E-state index in [9.17, 15) is 41.0 Å². The van der Waals surface area contributed by atoms with E-state index in [0.717, 1.165) is 11.8 Å². The van der Waals surface area contributed by atoms with Crippen LogP contribution in [0.15, 0.2) is 59.5 Å². The Balaban J connectivity index is 1.63. The van der Waals surface area contributed by atoms with E-state index in [0.29, 0.717) is 17.7 Å². The number of aromatic carboxylic acids is 1. The Morgan fingerprint density at radius 3 is 2.21 bits per heavy atom. The molecule has 1 aliphatic rings. The molecule has 1 amide bonds. The van der Waals surface area contributed by atoms with Gasteiger partial charge in [0.05, 0.1) is 34.0 Å². The fraction of sp³-hybridized carbons (Fsp3) is 0.120. The largest absolute Gasteiger partial charge is 0.507 e. The van der Waals surface area contributed by atoms with Crippen molar-refractivity contribution in [3.63, 3.8) is 0 Å². The highest BCUT2D eigenvalue weighted by molar-refractivity contribution is 8.26. The van der Waals surface area contributed by atoms with Crippen molar-refractivity contribution in [2.75, 3.05) is 0 Å². The summed E-state index contributed by atoms with van der Waals surface area (Å²) in [6, 6.07) is 8.93. The molecule has 1 aliphatic heterocycles. The number of hydrogen-bond acceptors (Lipinski definition) is 6. The number of nitrogens with zero attached hydrogens (tertiary/aromatic N) is 2. The van der Waals surface area contributed by atoms with Gasteiger partial charge >= 0.3 is 18.3 Å². The van der Waals surface area contributed by atoms with Crippen LogP contribution in [0.2, 0.25) is 0 Å². The standard InChI is InChI=1S/C25H14F6N2O4S2/c26-24(27,28)14-7-13(8-15(9-14)25(29,30)31)18-3-1-2-16(32-18)10-20-21(35)33(23(38)39-20)11-12-4-5-17(22(36)37)19(34)6-12/h1-10,34H,11H2,(H,36,37). The van der Waals surface area contributed by atoms with Crippen LogP contribution in [0.4, 0.5) is 26.3 Å². The second kappa shape index (κ2) is 10.3. The summed E-state index contributed by atoms with van der Waals surface area (Å²) in [4.78, 5) is 29.4. The zero-order valence-corrected chi connectivity index (χ0v) is 20.8. The zero-order chi connectivity index (χ0) is 28.7. The van der Waals surface area contributed by atoms with Gasteiger partial charge in [0, 0.05) is 5.56 Å². The Kier molecular flexibility index (Phi) is 7.45. The third-order valence-corrected chi connectivity index (χ3v) is 6.82. The summed E-state index contributed by atoms with van der Waals surface area (Å²) in [5.74, 6) is -2.38. The van der Waals surface area contributed by atoms with E-state index in [1.165, 1.54) is 47.4 Å². The van der Waals surface area contributed by atoms with Gasteiger partial charge in [-0.05, 0) is 54.1 Å². The molecule has 0 unspecified atom stereocenters. The van der Waals surface area contributed by atoms with Crippen molar-refractivity contribution in [2.24, 2.45) is 0 Å². The van der Waals surface area contributed by atoms with E-state index in [4.69, 9.17) is 17.3 Å². The van der Waals surface area contributed by atoms with Gasteiger partial charge in [-0.15, -0.1) is 0 Å². The lowest BCUT2D eigenvalue weighted by Gasteiger charge is -2.15. The molecule has 0 aliphatic carbocycles. The second-order valence-electron chi connectivity index (χ2n) is 8.17. The molecule has 0 bridgehead atoms. The molecule has 39 heavy (non-hydrogen) atoms. The molecular formula is C25H14F6N2O4S2. The number of thiocarbonyl (C=S) groups is 1. The van der Waals surface area contributed by atoms with Crippen molar-refractivity contribution in [3.8, 4) is 17.0 Å². The fourth-order valence-corrected chi connectivity index (χ4v) is 4.84. The molecule has 0 atom stereocenters. The molecule has 1 saturated heterocycles. The SMILES string of the molecule is O=C(O)c1ccc(CN2C(=O)C(=Cc3cccc(-c4cc(C(F)(F)F)cc(C(F)(F)F)c4)n3)SC2=S)cc1O. The molecule has 0 saturated carbocycles. The van der Waals surface area contributed by atoms with Gasteiger partial charge in [-0.1, -0.05) is 36.1 Å². The number of alkyl halides is 6. The average molecular weight is 585 g/mol. The molecule has 0 radical (unpaired) electrons. The van der Waals surface area contributed by atoms with Gasteiger partial charge < -0.3 is 10.2 Å². The number of thioether (sulfide) groups is 1. The van der Waals surface area contributed by atoms with Crippen LogP contribution in [0.5, 0.6) is 5.75 Å². The minimum Gasteiger partial charge on any atom is -0.507 e. The normalized spacial score (nSPS) is 15.3. The van der Waals surface area contributed by atoms with Crippen LogP contribution >= 0.6 is 24.0 Å². The number of carboxylic acid groups (broad SMARTS) is 1. The third-order valence-electron chi connectivity index (χ3n) is 5.44. The number of hydrogen-bond donors (Lipinski definition) is 2. The number of aromatic hydroxyl groups is 1. The minimum absolute atomic E-state index is 0.0215. The summed E-state index contributed by atoms with van der Waals surface area (Å²) < 4.78 is 79.7. The van der Waals surface area contributed by atoms with Crippen molar-refractivity contribution in [2.45, 2.75) is 18.9 Å². The van der Waals surface area contributed by atoms with E-state index in [1.807, 2.05) is 0 Å². The maximum atomic E-state index is 13.3. The summed E-state index contributed by atoms with van der Waals surface area (Å²) in [7, 11) is 0. The number of amides is 1. The topological polar surface area (TPSA) is 90.7 Å². The van der Waals surface area contributed by atoms with Crippen molar-refractivity contribution in [1.82, 2.24) is 9.88 Å². The Hall–Kier alpha value is -3.91. The summed E-state index contributed by atoms with van der Waals surface area (Å²) in [5.41, 5.74) is -3.40. The Bertz CT molecular complexity index is 1500. The van der Waals surface area contributed by atoms with Gasteiger partial charge in [-0.3, -0.25) is 9.69 Å². The van der Waals surface area contributed by atoms with Crippen molar-refractivity contribution >= 4 is 46.3 Å². The molecule has 6 nitrogen and oxygen atoms in total. The van der Waals surface area contributed by atoms with E-state index in [2.05, 4.69) is 4.98 Å². The molecule has 202 valence electrons. The lowest BCUT2D eigenvalue weighted by molar-refractivity contribution is -0.143. The van der Waals surface area contributed by atoms with Crippen molar-refractivity contribution in [1.29, 1.82) is 0 Å². The smallest absolute Gasteiger partial charge is 0.416 e. The zero-order valence-electron chi connectivity index (χ0n) is 19.2. The summed E-state index contributed by atoms with van der Waals surface area (Å²) in [6.07, 6.45) is -8.75. The number of rotatable bonds is 5. The van der Waals surface area contributed by atoms with Gasteiger partial charge in [0.1, 0.15) is 15.6 Å². The van der Waals surface area contributed by atoms with Crippen LogP contribution in [0.3, 0.4) is 0 Å². The molecule has 2 N–H and O–H groups in total. The summed E-state index contributed by atoms with van der Waals surface area (Å²) in [5, 5.41) is 18.9. The van der Waals surface area contributed by atoms with Crippen molar-refractivity contribution in [3.05, 3.63) is 87.5 Å². The van der Waals surface area contributed by atoms with Crippen LogP contribution < -0.4 is 0 Å². The lowest BCUT2D eigenvalue weighted by atomic mass is 10.0. The molecule has 14 heteroatoms. The highest BCUT2D eigenvalue weighted by atomic mass is 32.2. The number of pyridine rings is 1. The van der Waals surface area contributed by atoms with Gasteiger partial charge in [0.15, 0.2) is 0 Å². The number of carbonyl (C=O) groups is 2. The molecular weight excluding hydrogens is 570 g/mol. The van der Waals surface area contributed by atoms with E-state index in [-0.39, 0.29) is 38.8 Å². The lowest BCUT2D eigenvalue weighted by Crippen LogP contribution is -2.27.